The van der Waals surface area contributed by atoms with Crippen molar-refractivity contribution in [2.45, 2.75) is 60.4 Å². The lowest BCUT2D eigenvalue weighted by Crippen LogP contribution is -2.05. The fraction of sp³-hybridized carbons (Fsp3) is 0.818. The monoisotopic (exact) mass is 197 g/mol. The maximum atomic E-state index is 4.41. The molecule has 0 saturated carbocycles. The second kappa shape index (κ2) is 5.78. The molecule has 1 rings (SSSR count). The van der Waals surface area contributed by atoms with Gasteiger partial charge in [0, 0.05) is 12.0 Å². The smallest absolute Gasteiger partial charge is 0.153 e. The first-order valence-electron chi connectivity index (χ1n) is 5.45. The van der Waals surface area contributed by atoms with Crippen LogP contribution >= 0.6 is 0 Å². The zero-order valence-corrected chi connectivity index (χ0v) is 10.5. The average molecular weight is 197 g/mol. The quantitative estimate of drug-likeness (QED) is 0.728. The zero-order chi connectivity index (χ0) is 11.3. The van der Waals surface area contributed by atoms with Crippen LogP contribution in [0.5, 0.6) is 0 Å². The Kier molecular flexibility index (Phi) is 5.43. The molecule has 0 aliphatic rings. The van der Waals surface area contributed by atoms with E-state index in [2.05, 4.69) is 37.8 Å². The van der Waals surface area contributed by atoms with E-state index in [1.54, 1.807) is 0 Å². The van der Waals surface area contributed by atoms with Gasteiger partial charge in [0.25, 0.3) is 0 Å². The third-order valence-corrected chi connectivity index (χ3v) is 1.82. The minimum Gasteiger partial charge on any atom is -0.248 e. The van der Waals surface area contributed by atoms with Gasteiger partial charge in [-0.3, -0.25) is 0 Å². The van der Waals surface area contributed by atoms with Crippen LogP contribution in [0.2, 0.25) is 0 Å². The van der Waals surface area contributed by atoms with Crippen LogP contribution in [-0.2, 0) is 0 Å². The molecule has 0 atom stereocenters. The molecule has 1 aromatic rings. The summed E-state index contributed by atoms with van der Waals surface area (Å²) in [6, 6.07) is 0.407. The van der Waals surface area contributed by atoms with E-state index in [0.29, 0.717) is 12.0 Å². The van der Waals surface area contributed by atoms with Crippen molar-refractivity contribution in [3.8, 4) is 0 Å². The van der Waals surface area contributed by atoms with E-state index in [1.165, 1.54) is 0 Å². The van der Waals surface area contributed by atoms with Gasteiger partial charge in [0.05, 0.1) is 0 Å². The van der Waals surface area contributed by atoms with Gasteiger partial charge in [0.1, 0.15) is 5.82 Å². The summed E-state index contributed by atoms with van der Waals surface area (Å²) in [7, 11) is 0. The van der Waals surface area contributed by atoms with Crippen LogP contribution < -0.4 is 0 Å². The topological polar surface area (TPSA) is 30.7 Å². The lowest BCUT2D eigenvalue weighted by Gasteiger charge is -2.05. The van der Waals surface area contributed by atoms with E-state index in [1.807, 2.05) is 25.5 Å². The Hall–Kier alpha value is -0.860. The van der Waals surface area contributed by atoms with Gasteiger partial charge in [0.2, 0.25) is 0 Å². The van der Waals surface area contributed by atoms with E-state index >= 15 is 0 Å². The first-order valence-corrected chi connectivity index (χ1v) is 5.45. The fourth-order valence-electron chi connectivity index (χ4n) is 1.16. The molecule has 0 saturated heterocycles. The number of hydrogen-bond donors (Lipinski definition) is 0. The predicted octanol–water partition coefficient (Wildman–Crippen LogP) is 3.32. The van der Waals surface area contributed by atoms with E-state index < -0.39 is 0 Å². The summed E-state index contributed by atoms with van der Waals surface area (Å²) in [6.07, 6.45) is 0. The van der Waals surface area contributed by atoms with E-state index in [9.17, 15) is 0 Å². The number of hydrogen-bond acceptors (Lipinski definition) is 2. The Morgan fingerprint density at radius 1 is 1.07 bits per heavy atom. The predicted molar refractivity (Wildman–Crippen MR) is 60.6 cm³/mol. The van der Waals surface area contributed by atoms with Crippen LogP contribution in [0, 0.1) is 6.92 Å². The van der Waals surface area contributed by atoms with Gasteiger partial charge < -0.3 is 0 Å². The normalized spacial score (nSPS) is 10.4. The highest BCUT2D eigenvalue weighted by molar-refractivity contribution is 4.96. The lowest BCUT2D eigenvalue weighted by atomic mass is 10.2. The maximum Gasteiger partial charge on any atom is 0.153 e. The van der Waals surface area contributed by atoms with Gasteiger partial charge in [-0.15, -0.1) is 0 Å². The molecule has 0 N–H and O–H groups in total. The highest BCUT2D eigenvalue weighted by atomic mass is 15.4. The van der Waals surface area contributed by atoms with Crippen LogP contribution in [0.3, 0.4) is 0 Å². The summed E-state index contributed by atoms with van der Waals surface area (Å²) < 4.78 is 1.97. The van der Waals surface area contributed by atoms with Crippen LogP contribution in [-0.4, -0.2) is 14.8 Å². The summed E-state index contributed by atoms with van der Waals surface area (Å²) in [5.41, 5.74) is 0. The summed E-state index contributed by atoms with van der Waals surface area (Å²) in [4.78, 5) is 4.38. The summed E-state index contributed by atoms with van der Waals surface area (Å²) in [5, 5.41) is 4.41. The fourth-order valence-corrected chi connectivity index (χ4v) is 1.16. The van der Waals surface area contributed by atoms with E-state index in [0.717, 1.165) is 11.6 Å². The van der Waals surface area contributed by atoms with Gasteiger partial charge in [-0.25, -0.2) is 9.67 Å². The van der Waals surface area contributed by atoms with Gasteiger partial charge in [0.15, 0.2) is 5.82 Å². The molecule has 3 nitrogen and oxygen atoms in total. The molecule has 0 amide bonds. The zero-order valence-electron chi connectivity index (χ0n) is 10.5. The molecule has 0 fully saturated rings. The number of rotatable bonds is 2. The molecular formula is C11H23N3. The van der Waals surface area contributed by atoms with Crippen molar-refractivity contribution in [3.63, 3.8) is 0 Å². The molecule has 0 aliphatic carbocycles. The second-order valence-electron chi connectivity index (χ2n) is 3.71. The van der Waals surface area contributed by atoms with Crippen molar-refractivity contribution in [1.29, 1.82) is 0 Å². The number of aromatic nitrogens is 3. The molecule has 0 aliphatic heterocycles. The molecule has 82 valence electrons. The third-order valence-electron chi connectivity index (χ3n) is 1.82. The molecule has 0 radical (unpaired) electrons. The summed E-state index contributed by atoms with van der Waals surface area (Å²) in [6.45, 7) is 14.5. The molecular weight excluding hydrogens is 174 g/mol. The standard InChI is InChI=1S/C9H17N3.C2H6/c1-6(2)9-10-8(5)12(11-9)7(3)4;1-2/h6-7H,1-5H3;1-2H3. The Balaban J connectivity index is 0.000000791. The van der Waals surface area contributed by atoms with Gasteiger partial charge in [-0.2, -0.15) is 5.10 Å². The molecule has 3 heteroatoms. The van der Waals surface area contributed by atoms with Crippen LogP contribution in [0.15, 0.2) is 0 Å². The van der Waals surface area contributed by atoms with Gasteiger partial charge in [-0.1, -0.05) is 27.7 Å². The minimum absolute atomic E-state index is 0.407. The molecule has 1 heterocycles. The third kappa shape index (κ3) is 3.13. The molecule has 0 bridgehead atoms. The number of nitrogens with zero attached hydrogens (tertiary/aromatic N) is 3. The second-order valence-corrected chi connectivity index (χ2v) is 3.71. The van der Waals surface area contributed by atoms with Crippen LogP contribution in [0.4, 0.5) is 0 Å². The van der Waals surface area contributed by atoms with Crippen molar-refractivity contribution in [1.82, 2.24) is 14.8 Å². The summed E-state index contributed by atoms with van der Waals surface area (Å²) >= 11 is 0. The Morgan fingerprint density at radius 2 is 1.57 bits per heavy atom. The number of aryl methyl sites for hydroxylation is 1. The molecule has 0 spiro atoms. The largest absolute Gasteiger partial charge is 0.248 e. The highest BCUT2D eigenvalue weighted by Crippen LogP contribution is 2.12. The van der Waals surface area contributed by atoms with Crippen molar-refractivity contribution in [2.24, 2.45) is 0 Å². The van der Waals surface area contributed by atoms with Crippen LogP contribution in [0.1, 0.15) is 65.2 Å². The van der Waals surface area contributed by atoms with Crippen molar-refractivity contribution < 1.29 is 0 Å². The molecule has 0 aromatic carbocycles. The molecule has 1 aromatic heterocycles. The average Bonchev–Trinajstić information content (AvgIpc) is 2.51. The Morgan fingerprint density at radius 3 is 1.79 bits per heavy atom. The first-order chi connectivity index (χ1) is 6.52. The van der Waals surface area contributed by atoms with Gasteiger partial charge >= 0.3 is 0 Å². The Bertz CT molecular complexity index is 261. The Labute approximate surface area is 87.5 Å². The first kappa shape index (κ1) is 13.1. The molecule has 14 heavy (non-hydrogen) atoms. The van der Waals surface area contributed by atoms with Crippen molar-refractivity contribution in [3.05, 3.63) is 11.6 Å². The maximum absolute atomic E-state index is 4.41. The van der Waals surface area contributed by atoms with Crippen LogP contribution in [0.25, 0.3) is 0 Å². The highest BCUT2D eigenvalue weighted by Gasteiger charge is 2.10. The van der Waals surface area contributed by atoms with E-state index in [-0.39, 0.29) is 0 Å². The SMILES string of the molecule is CC.Cc1nc(C(C)C)nn1C(C)C. The van der Waals surface area contributed by atoms with Gasteiger partial charge in [-0.05, 0) is 20.8 Å². The van der Waals surface area contributed by atoms with Crippen molar-refractivity contribution >= 4 is 0 Å². The minimum atomic E-state index is 0.407. The summed E-state index contributed by atoms with van der Waals surface area (Å²) in [5.74, 6) is 2.37. The molecule has 0 unspecified atom stereocenters. The lowest BCUT2D eigenvalue weighted by molar-refractivity contribution is 0.510. The van der Waals surface area contributed by atoms with Crippen molar-refractivity contribution in [2.75, 3.05) is 0 Å². The van der Waals surface area contributed by atoms with E-state index in [4.69, 9.17) is 0 Å².